The molecule has 0 aromatic heterocycles. The first-order chi connectivity index (χ1) is 6.83. The fourth-order valence-electron chi connectivity index (χ4n) is 2.02. The van der Waals surface area contributed by atoms with Crippen LogP contribution in [-0.4, -0.2) is 12.7 Å². The Bertz CT molecular complexity index is 355. The average molecular weight is 190 g/mol. The van der Waals surface area contributed by atoms with Crippen molar-refractivity contribution in [2.24, 2.45) is 0 Å². The van der Waals surface area contributed by atoms with E-state index in [1.165, 1.54) is 16.7 Å². The normalized spacial score (nSPS) is 29.8. The van der Waals surface area contributed by atoms with Gasteiger partial charge in [-0.15, -0.1) is 0 Å². The summed E-state index contributed by atoms with van der Waals surface area (Å²) < 4.78 is 10.9. The van der Waals surface area contributed by atoms with Gasteiger partial charge in [0, 0.05) is 0 Å². The highest BCUT2D eigenvalue weighted by Gasteiger charge is 2.26. The molecule has 14 heavy (non-hydrogen) atoms. The van der Waals surface area contributed by atoms with E-state index in [4.69, 9.17) is 9.47 Å². The van der Waals surface area contributed by atoms with Crippen molar-refractivity contribution < 1.29 is 9.47 Å². The Balaban J connectivity index is 1.95. The lowest BCUT2D eigenvalue weighted by Crippen LogP contribution is -2.19. The molecular formula is C12H14O2. The minimum atomic E-state index is 0.359. The predicted molar refractivity (Wildman–Crippen MR) is 53.1 cm³/mol. The van der Waals surface area contributed by atoms with Gasteiger partial charge in [0.2, 0.25) is 0 Å². The maximum Gasteiger partial charge on any atom is 0.106 e. The van der Waals surface area contributed by atoms with Crippen LogP contribution in [0.25, 0.3) is 0 Å². The summed E-state index contributed by atoms with van der Waals surface area (Å²) in [7, 11) is 0. The quantitative estimate of drug-likeness (QED) is 0.633. The molecule has 2 nitrogen and oxygen atoms in total. The summed E-state index contributed by atoms with van der Waals surface area (Å²) >= 11 is 0. The van der Waals surface area contributed by atoms with Gasteiger partial charge < -0.3 is 9.47 Å². The molecular weight excluding hydrogens is 176 g/mol. The van der Waals surface area contributed by atoms with E-state index in [2.05, 4.69) is 25.1 Å². The Morgan fingerprint density at radius 1 is 1.21 bits per heavy atom. The average Bonchev–Trinajstić information content (AvgIpc) is 3.00. The van der Waals surface area contributed by atoms with Crippen molar-refractivity contribution in [1.29, 1.82) is 0 Å². The van der Waals surface area contributed by atoms with Crippen LogP contribution in [0.15, 0.2) is 18.2 Å². The molecule has 1 aromatic rings. The molecule has 3 rings (SSSR count). The van der Waals surface area contributed by atoms with Gasteiger partial charge in [0.15, 0.2) is 0 Å². The van der Waals surface area contributed by atoms with Crippen molar-refractivity contribution in [2.75, 3.05) is 6.61 Å². The molecule has 0 radical (unpaired) electrons. The minimum Gasteiger partial charge on any atom is -0.373 e. The second kappa shape index (κ2) is 3.07. The van der Waals surface area contributed by atoms with Gasteiger partial charge in [-0.2, -0.15) is 0 Å². The Morgan fingerprint density at radius 2 is 2.07 bits per heavy atom. The standard InChI is InChI=1S/C12H14O2/c1-8-4-11-5-9(12-7-14-12)2-3-10(11)6-13-8/h2-3,5,8,12H,4,6-7H2,1H3/t8-,12?/m0/s1. The summed E-state index contributed by atoms with van der Waals surface area (Å²) in [6.07, 6.45) is 1.77. The number of rotatable bonds is 1. The van der Waals surface area contributed by atoms with Crippen LogP contribution in [0.5, 0.6) is 0 Å². The molecule has 1 aromatic carbocycles. The van der Waals surface area contributed by atoms with Crippen LogP contribution in [0.3, 0.4) is 0 Å². The topological polar surface area (TPSA) is 21.8 Å². The van der Waals surface area contributed by atoms with Crippen molar-refractivity contribution >= 4 is 0 Å². The molecule has 0 amide bonds. The van der Waals surface area contributed by atoms with Crippen molar-refractivity contribution in [3.05, 3.63) is 34.9 Å². The highest BCUT2D eigenvalue weighted by Crippen LogP contribution is 2.32. The highest BCUT2D eigenvalue weighted by atomic mass is 16.6. The Hall–Kier alpha value is -0.860. The van der Waals surface area contributed by atoms with Crippen molar-refractivity contribution in [1.82, 2.24) is 0 Å². The smallest absolute Gasteiger partial charge is 0.106 e. The maximum atomic E-state index is 5.59. The van der Waals surface area contributed by atoms with Crippen LogP contribution in [0.1, 0.15) is 29.7 Å². The third kappa shape index (κ3) is 1.45. The van der Waals surface area contributed by atoms with E-state index in [0.29, 0.717) is 12.2 Å². The molecule has 74 valence electrons. The SMILES string of the molecule is C[C@H]1Cc2cc(C3CO3)ccc2CO1. The number of benzene rings is 1. The first kappa shape index (κ1) is 8.45. The van der Waals surface area contributed by atoms with E-state index < -0.39 is 0 Å². The van der Waals surface area contributed by atoms with E-state index in [1.54, 1.807) is 0 Å². The molecule has 2 aliphatic rings. The fraction of sp³-hybridized carbons (Fsp3) is 0.500. The van der Waals surface area contributed by atoms with Gasteiger partial charge in [-0.1, -0.05) is 18.2 Å². The number of epoxide rings is 1. The van der Waals surface area contributed by atoms with Crippen molar-refractivity contribution in [3.63, 3.8) is 0 Å². The van der Waals surface area contributed by atoms with Crippen molar-refractivity contribution in [2.45, 2.75) is 32.2 Å². The zero-order chi connectivity index (χ0) is 9.54. The van der Waals surface area contributed by atoms with E-state index in [1.807, 2.05) is 0 Å². The van der Waals surface area contributed by atoms with Crippen LogP contribution >= 0.6 is 0 Å². The van der Waals surface area contributed by atoms with Gasteiger partial charge in [0.1, 0.15) is 6.10 Å². The van der Waals surface area contributed by atoms with Gasteiger partial charge in [-0.25, -0.2) is 0 Å². The van der Waals surface area contributed by atoms with Crippen molar-refractivity contribution in [3.8, 4) is 0 Å². The molecule has 2 atom stereocenters. The largest absolute Gasteiger partial charge is 0.373 e. The summed E-state index contributed by atoms with van der Waals surface area (Å²) in [5.74, 6) is 0. The van der Waals surface area contributed by atoms with Crippen LogP contribution < -0.4 is 0 Å². The zero-order valence-corrected chi connectivity index (χ0v) is 8.32. The summed E-state index contributed by atoms with van der Waals surface area (Å²) in [6.45, 7) is 3.79. The Labute approximate surface area is 83.8 Å². The summed E-state index contributed by atoms with van der Waals surface area (Å²) in [5.41, 5.74) is 4.11. The number of ether oxygens (including phenoxy) is 2. The molecule has 0 bridgehead atoms. The molecule has 1 saturated heterocycles. The predicted octanol–water partition coefficient (Wildman–Crippen LogP) is 2.22. The van der Waals surface area contributed by atoms with Gasteiger partial charge in [-0.3, -0.25) is 0 Å². The lowest BCUT2D eigenvalue weighted by atomic mass is 9.96. The molecule has 2 heteroatoms. The maximum absolute atomic E-state index is 5.59. The minimum absolute atomic E-state index is 0.359. The van der Waals surface area contributed by atoms with E-state index in [-0.39, 0.29) is 0 Å². The molecule has 0 aliphatic carbocycles. The Kier molecular flexibility index (Phi) is 1.85. The van der Waals surface area contributed by atoms with Gasteiger partial charge in [-0.05, 0) is 30.0 Å². The molecule has 0 spiro atoms. The zero-order valence-electron chi connectivity index (χ0n) is 8.32. The molecule has 2 heterocycles. The number of hydrogen-bond acceptors (Lipinski definition) is 2. The first-order valence-corrected chi connectivity index (χ1v) is 5.18. The lowest BCUT2D eigenvalue weighted by molar-refractivity contribution is 0.0410. The fourth-order valence-corrected chi connectivity index (χ4v) is 2.02. The van der Waals surface area contributed by atoms with Crippen LogP contribution in [0.2, 0.25) is 0 Å². The summed E-state index contributed by atoms with van der Waals surface area (Å²) in [5, 5.41) is 0. The van der Waals surface area contributed by atoms with Crippen LogP contribution in [0.4, 0.5) is 0 Å². The molecule has 2 aliphatic heterocycles. The van der Waals surface area contributed by atoms with E-state index in [9.17, 15) is 0 Å². The lowest BCUT2D eigenvalue weighted by Gasteiger charge is -2.22. The van der Waals surface area contributed by atoms with Crippen LogP contribution in [0, 0.1) is 0 Å². The Morgan fingerprint density at radius 3 is 2.86 bits per heavy atom. The third-order valence-electron chi connectivity index (χ3n) is 2.97. The van der Waals surface area contributed by atoms with Gasteiger partial charge >= 0.3 is 0 Å². The molecule has 0 N–H and O–H groups in total. The second-order valence-electron chi connectivity index (χ2n) is 4.18. The van der Waals surface area contributed by atoms with Gasteiger partial charge in [0.05, 0.1) is 19.3 Å². The summed E-state index contributed by atoms with van der Waals surface area (Å²) in [6, 6.07) is 6.63. The van der Waals surface area contributed by atoms with E-state index in [0.717, 1.165) is 19.6 Å². The number of fused-ring (bicyclic) bond motifs is 1. The number of hydrogen-bond donors (Lipinski definition) is 0. The monoisotopic (exact) mass is 190 g/mol. The summed E-state index contributed by atoms with van der Waals surface area (Å²) in [4.78, 5) is 0. The molecule has 0 saturated carbocycles. The van der Waals surface area contributed by atoms with Crippen LogP contribution in [-0.2, 0) is 22.5 Å². The molecule has 1 unspecified atom stereocenters. The first-order valence-electron chi connectivity index (χ1n) is 5.18. The highest BCUT2D eigenvalue weighted by molar-refractivity contribution is 5.35. The van der Waals surface area contributed by atoms with E-state index >= 15 is 0 Å². The third-order valence-corrected chi connectivity index (χ3v) is 2.97. The molecule has 1 fully saturated rings. The van der Waals surface area contributed by atoms with Gasteiger partial charge in [0.25, 0.3) is 0 Å². The second-order valence-corrected chi connectivity index (χ2v) is 4.18.